The largest absolute Gasteiger partial charge is 0.442 e. The Kier molecular flexibility index (Phi) is 7.88. The number of halogens is 3. The third-order valence-electron chi connectivity index (χ3n) is 5.84. The number of hydrazine groups is 1. The van der Waals surface area contributed by atoms with Crippen LogP contribution in [0.15, 0.2) is 42.7 Å². The first-order chi connectivity index (χ1) is 17.3. The fourth-order valence-electron chi connectivity index (χ4n) is 4.01. The van der Waals surface area contributed by atoms with Crippen molar-refractivity contribution in [2.24, 2.45) is 0 Å². The summed E-state index contributed by atoms with van der Waals surface area (Å²) in [5.74, 6) is -2.12. The first-order valence-corrected chi connectivity index (χ1v) is 11.3. The van der Waals surface area contributed by atoms with Gasteiger partial charge in [0.15, 0.2) is 0 Å². The Labute approximate surface area is 205 Å². The van der Waals surface area contributed by atoms with Crippen LogP contribution in [0.2, 0.25) is 0 Å². The Morgan fingerprint density at radius 3 is 2.67 bits per heavy atom. The Hall–Kier alpha value is -3.87. The van der Waals surface area contributed by atoms with E-state index in [0.29, 0.717) is 31.9 Å². The third kappa shape index (κ3) is 6.03. The molecule has 10 nitrogen and oxygen atoms in total. The number of nitrogens with one attached hydrogen (secondary N) is 2. The molecule has 2 saturated heterocycles. The number of anilines is 2. The number of hydrogen-bond donors (Lipinski definition) is 2. The summed E-state index contributed by atoms with van der Waals surface area (Å²) in [5.41, 5.74) is 4.48. The highest BCUT2D eigenvalue weighted by Gasteiger charge is 2.33. The summed E-state index contributed by atoms with van der Waals surface area (Å²) >= 11 is 0. The lowest BCUT2D eigenvalue weighted by molar-refractivity contribution is -0.133. The number of nitrogens with zero attached hydrogens (tertiary/aromatic N) is 4. The molecule has 3 heterocycles. The van der Waals surface area contributed by atoms with E-state index in [-0.39, 0.29) is 31.1 Å². The van der Waals surface area contributed by atoms with Crippen molar-refractivity contribution in [3.05, 3.63) is 54.1 Å². The zero-order valence-electron chi connectivity index (χ0n) is 19.2. The van der Waals surface area contributed by atoms with Gasteiger partial charge >= 0.3 is 12.5 Å². The van der Waals surface area contributed by atoms with Crippen molar-refractivity contribution in [2.75, 3.05) is 49.1 Å². The quantitative estimate of drug-likeness (QED) is 0.584. The van der Waals surface area contributed by atoms with Crippen LogP contribution in [0.3, 0.4) is 0 Å². The summed E-state index contributed by atoms with van der Waals surface area (Å²) in [7, 11) is 0. The average molecular weight is 506 g/mol. The molecule has 1 aromatic heterocycles. The molecule has 13 heteroatoms. The van der Waals surface area contributed by atoms with Gasteiger partial charge in [-0.3, -0.25) is 24.5 Å². The summed E-state index contributed by atoms with van der Waals surface area (Å²) < 4.78 is 44.8. The van der Waals surface area contributed by atoms with Gasteiger partial charge < -0.3 is 15.0 Å². The maximum Gasteiger partial charge on any atom is 0.414 e. The van der Waals surface area contributed by atoms with Crippen LogP contribution < -0.4 is 20.5 Å². The van der Waals surface area contributed by atoms with E-state index >= 15 is 4.39 Å². The van der Waals surface area contributed by atoms with Crippen molar-refractivity contribution >= 4 is 29.3 Å². The van der Waals surface area contributed by atoms with E-state index in [2.05, 4.69) is 10.4 Å². The molecule has 2 N–H and O–H groups in total. The molecular formula is C23H25F3N6O4. The van der Waals surface area contributed by atoms with Crippen LogP contribution in [0, 0.1) is 5.82 Å². The number of carbonyl (C=O) groups is 3. The van der Waals surface area contributed by atoms with Gasteiger partial charge in [-0.25, -0.2) is 14.6 Å². The third-order valence-corrected chi connectivity index (χ3v) is 5.84. The molecule has 2 aliphatic rings. The molecule has 0 saturated carbocycles. The number of aromatic nitrogens is 1. The summed E-state index contributed by atoms with van der Waals surface area (Å²) in [6.45, 7) is 1.31. The maximum atomic E-state index is 15.1. The van der Waals surface area contributed by atoms with Crippen molar-refractivity contribution in [2.45, 2.75) is 19.0 Å². The molecule has 3 amide bonds. The number of ether oxygens (including phenoxy) is 1. The fourth-order valence-corrected chi connectivity index (χ4v) is 4.01. The zero-order valence-corrected chi connectivity index (χ0v) is 19.2. The molecule has 0 aliphatic carbocycles. The highest BCUT2D eigenvalue weighted by atomic mass is 19.3. The number of amides is 3. The molecule has 1 unspecified atom stereocenters. The molecule has 1 atom stereocenters. The predicted molar refractivity (Wildman–Crippen MR) is 123 cm³/mol. The molecule has 4 rings (SSSR count). The van der Waals surface area contributed by atoms with E-state index in [9.17, 15) is 23.2 Å². The SMILES string of the molecule is O=C(NCC1CN(c2ccc(N3CCNN(C(=O)Cc4ccncc4)CC3)c(F)c2)C(=O)O1)C(F)F. The minimum atomic E-state index is -3.17. The van der Waals surface area contributed by atoms with E-state index in [4.69, 9.17) is 4.74 Å². The van der Waals surface area contributed by atoms with Gasteiger partial charge in [0.25, 0.3) is 5.91 Å². The second-order valence-electron chi connectivity index (χ2n) is 8.27. The molecule has 2 fully saturated rings. The van der Waals surface area contributed by atoms with E-state index in [0.717, 1.165) is 5.56 Å². The standard InChI is InChI=1S/C23H25F3N6O4/c24-18-12-16(31-14-17(36-23(31)35)13-28-22(34)21(25)26)1-2-19(18)30-8-7-29-32(10-9-30)20(33)11-15-3-5-27-6-4-15/h1-6,12,17,21,29H,7-11,13-14H2,(H,28,34). The highest BCUT2D eigenvalue weighted by molar-refractivity contribution is 5.90. The van der Waals surface area contributed by atoms with Crippen molar-refractivity contribution < 1.29 is 32.3 Å². The van der Waals surface area contributed by atoms with Gasteiger partial charge in [0.05, 0.1) is 37.4 Å². The van der Waals surface area contributed by atoms with Crippen molar-refractivity contribution in [1.82, 2.24) is 20.7 Å². The molecule has 36 heavy (non-hydrogen) atoms. The van der Waals surface area contributed by atoms with Crippen LogP contribution in [0.25, 0.3) is 0 Å². The van der Waals surface area contributed by atoms with Crippen LogP contribution in [-0.4, -0.2) is 79.7 Å². The second kappa shape index (κ2) is 11.2. The minimum absolute atomic E-state index is 0.0245. The van der Waals surface area contributed by atoms with E-state index in [1.807, 2.05) is 5.32 Å². The summed E-state index contributed by atoms with van der Waals surface area (Å²) in [6.07, 6.45) is -1.30. The number of carbonyl (C=O) groups excluding carboxylic acids is 3. The normalized spacial score (nSPS) is 18.3. The summed E-state index contributed by atoms with van der Waals surface area (Å²) in [4.78, 5) is 42.8. The topological polar surface area (TPSA) is 107 Å². The van der Waals surface area contributed by atoms with Gasteiger partial charge in [-0.15, -0.1) is 0 Å². The lowest BCUT2D eigenvalue weighted by atomic mass is 10.2. The fraction of sp³-hybridized carbons (Fsp3) is 0.391. The van der Waals surface area contributed by atoms with E-state index < -0.39 is 30.3 Å². The van der Waals surface area contributed by atoms with Gasteiger partial charge in [0.2, 0.25) is 5.91 Å². The number of hydrogen-bond acceptors (Lipinski definition) is 7. The van der Waals surface area contributed by atoms with Crippen LogP contribution in [-0.2, 0) is 20.7 Å². The van der Waals surface area contributed by atoms with E-state index in [1.54, 1.807) is 35.5 Å². The molecule has 0 radical (unpaired) electrons. The molecule has 2 aliphatic heterocycles. The van der Waals surface area contributed by atoms with Gasteiger partial charge in [-0.1, -0.05) is 0 Å². The number of cyclic esters (lactones) is 1. The number of pyridine rings is 1. The number of rotatable bonds is 7. The van der Waals surface area contributed by atoms with Crippen LogP contribution >= 0.6 is 0 Å². The number of benzene rings is 1. The summed E-state index contributed by atoms with van der Waals surface area (Å²) in [5, 5.41) is 3.53. The van der Waals surface area contributed by atoms with Crippen LogP contribution in [0.1, 0.15) is 5.56 Å². The Balaban J connectivity index is 1.35. The lowest BCUT2D eigenvalue weighted by Crippen LogP contribution is -2.44. The minimum Gasteiger partial charge on any atom is -0.442 e. The highest BCUT2D eigenvalue weighted by Crippen LogP contribution is 2.28. The summed E-state index contributed by atoms with van der Waals surface area (Å²) in [6, 6.07) is 7.84. The molecule has 2 aromatic rings. The molecule has 0 spiro atoms. The van der Waals surface area contributed by atoms with Crippen LogP contribution in [0.5, 0.6) is 0 Å². The van der Waals surface area contributed by atoms with Gasteiger partial charge in [-0.2, -0.15) is 8.78 Å². The maximum absolute atomic E-state index is 15.1. The van der Waals surface area contributed by atoms with Crippen LogP contribution in [0.4, 0.5) is 29.3 Å². The first kappa shape index (κ1) is 25.2. The smallest absolute Gasteiger partial charge is 0.414 e. The van der Waals surface area contributed by atoms with Gasteiger partial charge in [0, 0.05) is 32.0 Å². The molecule has 1 aromatic carbocycles. The second-order valence-corrected chi connectivity index (χ2v) is 8.27. The molecule has 192 valence electrons. The average Bonchev–Trinajstić information content (AvgIpc) is 3.07. The Bertz CT molecular complexity index is 1110. The Morgan fingerprint density at radius 2 is 1.94 bits per heavy atom. The first-order valence-electron chi connectivity index (χ1n) is 11.3. The van der Waals surface area contributed by atoms with E-state index in [1.165, 1.54) is 22.0 Å². The van der Waals surface area contributed by atoms with Crippen molar-refractivity contribution in [3.63, 3.8) is 0 Å². The van der Waals surface area contributed by atoms with Crippen molar-refractivity contribution in [3.8, 4) is 0 Å². The number of alkyl halides is 2. The Morgan fingerprint density at radius 1 is 1.17 bits per heavy atom. The van der Waals surface area contributed by atoms with Crippen molar-refractivity contribution in [1.29, 1.82) is 0 Å². The monoisotopic (exact) mass is 506 g/mol. The zero-order chi connectivity index (χ0) is 25.7. The molecular weight excluding hydrogens is 481 g/mol. The lowest BCUT2D eigenvalue weighted by Gasteiger charge is -2.24. The van der Waals surface area contributed by atoms with Gasteiger partial charge in [-0.05, 0) is 35.9 Å². The predicted octanol–water partition coefficient (Wildman–Crippen LogP) is 1.32. The van der Waals surface area contributed by atoms with Gasteiger partial charge in [0.1, 0.15) is 11.9 Å². The molecule has 0 bridgehead atoms.